The summed E-state index contributed by atoms with van der Waals surface area (Å²) in [5.74, 6) is 0. The van der Waals surface area contributed by atoms with Gasteiger partial charge in [0.05, 0.1) is 0 Å². The van der Waals surface area contributed by atoms with Crippen LogP contribution in [0.1, 0.15) is 18.5 Å². The van der Waals surface area contributed by atoms with Gasteiger partial charge in [-0.25, -0.2) is 0 Å². The third-order valence-corrected chi connectivity index (χ3v) is 3.98. The van der Waals surface area contributed by atoms with Gasteiger partial charge in [-0.1, -0.05) is 17.7 Å². The van der Waals surface area contributed by atoms with Crippen molar-refractivity contribution in [1.29, 1.82) is 0 Å². The summed E-state index contributed by atoms with van der Waals surface area (Å²) in [6, 6.07) is 6.73. The molecule has 1 N–H and O–H groups in total. The highest BCUT2D eigenvalue weighted by Gasteiger charge is 2.20. The molecular formula is C14H22ClN3. The van der Waals surface area contributed by atoms with Crippen LogP contribution in [0.25, 0.3) is 0 Å². The Kier molecular flexibility index (Phi) is 4.49. The van der Waals surface area contributed by atoms with Crippen molar-refractivity contribution in [2.24, 2.45) is 0 Å². The molecule has 0 spiro atoms. The van der Waals surface area contributed by atoms with Crippen molar-refractivity contribution in [2.45, 2.75) is 13.0 Å². The minimum absolute atomic E-state index is 0.385. The van der Waals surface area contributed by atoms with Gasteiger partial charge in [-0.3, -0.25) is 4.90 Å². The molecule has 0 amide bonds. The summed E-state index contributed by atoms with van der Waals surface area (Å²) in [7, 11) is 4.07. The lowest BCUT2D eigenvalue weighted by atomic mass is 10.1. The molecule has 100 valence electrons. The smallest absolute Gasteiger partial charge is 0.0474 e. The fraction of sp³-hybridized carbons (Fsp3) is 0.571. The molecule has 1 atom stereocenters. The molecule has 2 rings (SSSR count). The van der Waals surface area contributed by atoms with Crippen LogP contribution in [-0.4, -0.2) is 45.2 Å². The minimum Gasteiger partial charge on any atom is -0.378 e. The number of hydrogen-bond donors (Lipinski definition) is 1. The van der Waals surface area contributed by atoms with Crippen LogP contribution in [0.4, 0.5) is 5.69 Å². The maximum Gasteiger partial charge on any atom is 0.0474 e. The predicted octanol–water partition coefficient (Wildman–Crippen LogP) is 2.37. The van der Waals surface area contributed by atoms with Gasteiger partial charge < -0.3 is 10.2 Å². The Hall–Kier alpha value is -0.770. The van der Waals surface area contributed by atoms with Crippen molar-refractivity contribution < 1.29 is 0 Å². The summed E-state index contributed by atoms with van der Waals surface area (Å²) in [5.41, 5.74) is 2.38. The van der Waals surface area contributed by atoms with Gasteiger partial charge in [0.15, 0.2) is 0 Å². The molecule has 3 nitrogen and oxygen atoms in total. The summed E-state index contributed by atoms with van der Waals surface area (Å²) in [5, 5.41) is 4.25. The molecule has 0 aromatic heterocycles. The van der Waals surface area contributed by atoms with E-state index in [4.69, 9.17) is 11.6 Å². The average Bonchev–Trinajstić information content (AvgIpc) is 2.38. The van der Waals surface area contributed by atoms with Crippen molar-refractivity contribution in [3.63, 3.8) is 0 Å². The lowest BCUT2D eigenvalue weighted by molar-refractivity contribution is 0.185. The van der Waals surface area contributed by atoms with Crippen molar-refractivity contribution in [2.75, 3.05) is 45.2 Å². The molecule has 0 unspecified atom stereocenters. The zero-order valence-electron chi connectivity index (χ0n) is 11.4. The van der Waals surface area contributed by atoms with E-state index in [1.54, 1.807) is 0 Å². The molecule has 1 aromatic rings. The zero-order chi connectivity index (χ0) is 13.1. The van der Waals surface area contributed by atoms with Gasteiger partial charge in [-0.2, -0.15) is 0 Å². The molecule has 0 saturated carbocycles. The maximum absolute atomic E-state index is 6.42. The zero-order valence-corrected chi connectivity index (χ0v) is 12.2. The summed E-state index contributed by atoms with van der Waals surface area (Å²) in [6.07, 6.45) is 0. The lowest BCUT2D eigenvalue weighted by Gasteiger charge is -2.33. The molecule has 0 aliphatic carbocycles. The fourth-order valence-electron chi connectivity index (χ4n) is 2.40. The SMILES string of the molecule is C[C@@H](c1ccc(N(C)C)cc1Cl)N1CCNCC1. The third kappa shape index (κ3) is 2.97. The maximum atomic E-state index is 6.42. The van der Waals surface area contributed by atoms with Crippen molar-refractivity contribution in [3.8, 4) is 0 Å². The van der Waals surface area contributed by atoms with E-state index in [9.17, 15) is 0 Å². The lowest BCUT2D eigenvalue weighted by Crippen LogP contribution is -2.44. The van der Waals surface area contributed by atoms with Gasteiger partial charge in [-0.15, -0.1) is 0 Å². The second kappa shape index (κ2) is 5.91. The molecule has 1 saturated heterocycles. The minimum atomic E-state index is 0.385. The highest BCUT2D eigenvalue weighted by Crippen LogP contribution is 2.30. The van der Waals surface area contributed by atoms with Gasteiger partial charge in [0.2, 0.25) is 0 Å². The highest BCUT2D eigenvalue weighted by atomic mass is 35.5. The Balaban J connectivity index is 2.16. The summed E-state index contributed by atoms with van der Waals surface area (Å²) >= 11 is 6.42. The topological polar surface area (TPSA) is 18.5 Å². The van der Waals surface area contributed by atoms with Crippen molar-refractivity contribution >= 4 is 17.3 Å². The quantitative estimate of drug-likeness (QED) is 0.907. The molecule has 1 heterocycles. The predicted molar refractivity (Wildman–Crippen MR) is 78.6 cm³/mol. The van der Waals surface area contributed by atoms with E-state index in [2.05, 4.69) is 40.2 Å². The molecule has 0 radical (unpaired) electrons. The molecule has 1 fully saturated rings. The number of nitrogens with zero attached hydrogens (tertiary/aromatic N) is 2. The van der Waals surface area contributed by atoms with Crippen molar-refractivity contribution in [1.82, 2.24) is 10.2 Å². The van der Waals surface area contributed by atoms with Gasteiger partial charge in [0.25, 0.3) is 0 Å². The number of benzene rings is 1. The molecule has 1 aliphatic heterocycles. The normalized spacial score (nSPS) is 18.7. The summed E-state index contributed by atoms with van der Waals surface area (Å²) in [4.78, 5) is 4.55. The van der Waals surface area contributed by atoms with Crippen LogP contribution in [0.3, 0.4) is 0 Å². The fourth-order valence-corrected chi connectivity index (χ4v) is 2.73. The number of rotatable bonds is 3. The first kappa shape index (κ1) is 13.7. The van der Waals surface area contributed by atoms with Gasteiger partial charge in [0.1, 0.15) is 0 Å². The standard InChI is InChI=1S/C14H22ClN3/c1-11(18-8-6-16-7-9-18)13-5-4-12(17(2)3)10-14(13)15/h4-5,10-11,16H,6-9H2,1-3H3/t11-/m0/s1. The third-order valence-electron chi connectivity index (χ3n) is 3.65. The Labute approximate surface area is 115 Å². The Morgan fingerprint density at radius 1 is 1.28 bits per heavy atom. The van der Waals surface area contributed by atoms with Gasteiger partial charge in [-0.05, 0) is 24.6 Å². The number of hydrogen-bond acceptors (Lipinski definition) is 3. The van der Waals surface area contributed by atoms with Crippen LogP contribution in [0.15, 0.2) is 18.2 Å². The molecule has 0 bridgehead atoms. The number of anilines is 1. The van der Waals surface area contributed by atoms with Crippen LogP contribution < -0.4 is 10.2 Å². The van der Waals surface area contributed by atoms with E-state index in [0.717, 1.165) is 36.9 Å². The largest absolute Gasteiger partial charge is 0.378 e. The first-order valence-corrected chi connectivity index (χ1v) is 6.89. The monoisotopic (exact) mass is 267 g/mol. The molecular weight excluding hydrogens is 246 g/mol. The van der Waals surface area contributed by atoms with E-state index in [1.165, 1.54) is 5.56 Å². The van der Waals surface area contributed by atoms with Crippen LogP contribution in [0.2, 0.25) is 5.02 Å². The van der Waals surface area contributed by atoms with Gasteiger partial charge in [0, 0.05) is 57.0 Å². The highest BCUT2D eigenvalue weighted by molar-refractivity contribution is 6.31. The first-order chi connectivity index (χ1) is 8.59. The van der Waals surface area contributed by atoms with Crippen LogP contribution in [0.5, 0.6) is 0 Å². The molecule has 1 aromatic carbocycles. The van der Waals surface area contributed by atoms with E-state index < -0.39 is 0 Å². The summed E-state index contributed by atoms with van der Waals surface area (Å²) in [6.45, 7) is 6.55. The first-order valence-electron chi connectivity index (χ1n) is 6.51. The average molecular weight is 268 g/mol. The number of halogens is 1. The molecule has 18 heavy (non-hydrogen) atoms. The van der Waals surface area contributed by atoms with E-state index >= 15 is 0 Å². The van der Waals surface area contributed by atoms with Crippen LogP contribution in [-0.2, 0) is 0 Å². The van der Waals surface area contributed by atoms with E-state index in [-0.39, 0.29) is 0 Å². The molecule has 1 aliphatic rings. The molecule has 4 heteroatoms. The number of piperazine rings is 1. The van der Waals surface area contributed by atoms with Crippen LogP contribution >= 0.6 is 11.6 Å². The van der Waals surface area contributed by atoms with E-state index in [1.807, 2.05) is 14.1 Å². The Bertz CT molecular complexity index is 400. The number of nitrogens with one attached hydrogen (secondary N) is 1. The van der Waals surface area contributed by atoms with E-state index in [0.29, 0.717) is 6.04 Å². The second-order valence-corrected chi connectivity index (χ2v) is 5.47. The Morgan fingerprint density at radius 3 is 2.50 bits per heavy atom. The van der Waals surface area contributed by atoms with Gasteiger partial charge >= 0.3 is 0 Å². The summed E-state index contributed by atoms with van der Waals surface area (Å²) < 4.78 is 0. The second-order valence-electron chi connectivity index (χ2n) is 5.06. The Morgan fingerprint density at radius 2 is 1.94 bits per heavy atom. The van der Waals surface area contributed by atoms with Crippen molar-refractivity contribution in [3.05, 3.63) is 28.8 Å². The van der Waals surface area contributed by atoms with Crippen LogP contribution in [0, 0.1) is 0 Å².